The number of halogens is 2. The lowest BCUT2D eigenvalue weighted by molar-refractivity contribution is -0.0494. The van der Waals surface area contributed by atoms with Gasteiger partial charge in [0.25, 0.3) is 11.8 Å². The number of hydrogen-bond donors (Lipinski definition) is 0. The minimum atomic E-state index is -2.61. The van der Waals surface area contributed by atoms with Gasteiger partial charge in [0, 0.05) is 31.5 Å². The molecule has 0 bridgehead atoms. The number of benzene rings is 1. The molecule has 1 amide bonds. The van der Waals surface area contributed by atoms with Crippen LogP contribution in [-0.4, -0.2) is 29.8 Å². The Morgan fingerprint density at radius 2 is 1.94 bits per heavy atom. The molecule has 1 saturated heterocycles. The summed E-state index contributed by atoms with van der Waals surface area (Å²) in [4.78, 5) is 13.6. The van der Waals surface area contributed by atoms with Gasteiger partial charge in [-0.05, 0) is 19.1 Å². The summed E-state index contributed by atoms with van der Waals surface area (Å²) in [7, 11) is 0. The highest BCUT2D eigenvalue weighted by Gasteiger charge is 2.35. The molecular formula is C13H15F2NO. The predicted octanol–water partition coefficient (Wildman–Crippen LogP) is 2.87. The third-order valence-electron chi connectivity index (χ3n) is 3.05. The number of rotatable bonds is 1. The highest BCUT2D eigenvalue weighted by atomic mass is 19.3. The van der Waals surface area contributed by atoms with Crippen molar-refractivity contribution in [2.75, 3.05) is 13.1 Å². The molecule has 1 fully saturated rings. The summed E-state index contributed by atoms with van der Waals surface area (Å²) in [6, 6.07) is 7.22. The summed E-state index contributed by atoms with van der Waals surface area (Å²) in [6.07, 6.45) is -0.463. The van der Waals surface area contributed by atoms with E-state index in [0.717, 1.165) is 5.56 Å². The number of hydrogen-bond acceptors (Lipinski definition) is 1. The number of amides is 1. The van der Waals surface area contributed by atoms with E-state index in [0.29, 0.717) is 5.56 Å². The summed E-state index contributed by atoms with van der Waals surface area (Å²) in [6.45, 7) is 2.18. The molecule has 92 valence electrons. The van der Waals surface area contributed by atoms with Crippen molar-refractivity contribution in [3.8, 4) is 0 Å². The van der Waals surface area contributed by atoms with Crippen LogP contribution in [-0.2, 0) is 0 Å². The minimum absolute atomic E-state index is 0.139. The molecule has 17 heavy (non-hydrogen) atoms. The average Bonchev–Trinajstić information content (AvgIpc) is 2.28. The van der Waals surface area contributed by atoms with E-state index in [1.807, 2.05) is 13.0 Å². The van der Waals surface area contributed by atoms with Crippen molar-refractivity contribution < 1.29 is 13.6 Å². The lowest BCUT2D eigenvalue weighted by Gasteiger charge is -2.31. The maximum absolute atomic E-state index is 13.0. The fraction of sp³-hybridized carbons (Fsp3) is 0.462. The minimum Gasteiger partial charge on any atom is -0.338 e. The van der Waals surface area contributed by atoms with E-state index in [1.54, 1.807) is 18.2 Å². The van der Waals surface area contributed by atoms with Crippen LogP contribution in [0.15, 0.2) is 24.3 Å². The van der Waals surface area contributed by atoms with E-state index >= 15 is 0 Å². The molecule has 0 atom stereocenters. The second kappa shape index (κ2) is 4.43. The topological polar surface area (TPSA) is 20.3 Å². The standard InChI is InChI=1S/C13H15F2NO/c1-10-3-2-4-11(9-10)12(17)16-7-5-13(14,15)6-8-16/h2-4,9H,5-8H2,1H3. The molecule has 0 saturated carbocycles. The summed E-state index contributed by atoms with van der Waals surface area (Å²) < 4.78 is 25.9. The molecule has 1 heterocycles. The van der Waals surface area contributed by atoms with E-state index in [1.165, 1.54) is 4.90 Å². The second-order valence-electron chi connectivity index (χ2n) is 4.52. The maximum Gasteiger partial charge on any atom is 0.253 e. The zero-order valence-electron chi connectivity index (χ0n) is 9.75. The van der Waals surface area contributed by atoms with Crippen LogP contribution in [0.2, 0.25) is 0 Å². The number of alkyl halides is 2. The molecule has 4 heteroatoms. The Morgan fingerprint density at radius 3 is 2.53 bits per heavy atom. The molecule has 2 rings (SSSR count). The predicted molar refractivity (Wildman–Crippen MR) is 61.3 cm³/mol. The van der Waals surface area contributed by atoms with Gasteiger partial charge in [-0.2, -0.15) is 0 Å². The quantitative estimate of drug-likeness (QED) is 0.738. The van der Waals surface area contributed by atoms with Crippen LogP contribution < -0.4 is 0 Å². The van der Waals surface area contributed by atoms with Gasteiger partial charge >= 0.3 is 0 Å². The monoisotopic (exact) mass is 239 g/mol. The molecule has 0 aromatic heterocycles. The fourth-order valence-corrected chi connectivity index (χ4v) is 2.00. The molecule has 0 N–H and O–H groups in total. The van der Waals surface area contributed by atoms with Gasteiger partial charge in [-0.15, -0.1) is 0 Å². The van der Waals surface area contributed by atoms with Gasteiger partial charge in [0.15, 0.2) is 0 Å². The molecule has 1 aliphatic rings. The van der Waals surface area contributed by atoms with Crippen LogP contribution in [0.5, 0.6) is 0 Å². The molecular weight excluding hydrogens is 224 g/mol. The van der Waals surface area contributed by atoms with Crippen molar-refractivity contribution in [2.24, 2.45) is 0 Å². The molecule has 0 spiro atoms. The van der Waals surface area contributed by atoms with Crippen LogP contribution in [0.25, 0.3) is 0 Å². The first kappa shape index (κ1) is 12.0. The van der Waals surface area contributed by atoms with Crippen LogP contribution in [0.1, 0.15) is 28.8 Å². The van der Waals surface area contributed by atoms with E-state index in [4.69, 9.17) is 0 Å². The summed E-state index contributed by atoms with van der Waals surface area (Å²) in [5, 5.41) is 0. The van der Waals surface area contributed by atoms with Crippen LogP contribution in [0, 0.1) is 6.92 Å². The highest BCUT2D eigenvalue weighted by Crippen LogP contribution is 2.28. The van der Waals surface area contributed by atoms with Gasteiger partial charge in [-0.3, -0.25) is 4.79 Å². The number of carbonyl (C=O) groups is 1. The number of piperidine rings is 1. The molecule has 2 nitrogen and oxygen atoms in total. The van der Waals surface area contributed by atoms with Crippen molar-refractivity contribution in [3.63, 3.8) is 0 Å². The Morgan fingerprint density at radius 1 is 1.29 bits per heavy atom. The third-order valence-corrected chi connectivity index (χ3v) is 3.05. The second-order valence-corrected chi connectivity index (χ2v) is 4.52. The van der Waals surface area contributed by atoms with Crippen molar-refractivity contribution in [1.29, 1.82) is 0 Å². The van der Waals surface area contributed by atoms with Gasteiger partial charge in [0.2, 0.25) is 0 Å². The van der Waals surface area contributed by atoms with Gasteiger partial charge in [0.1, 0.15) is 0 Å². The van der Waals surface area contributed by atoms with Crippen molar-refractivity contribution in [1.82, 2.24) is 4.90 Å². The Kier molecular flexibility index (Phi) is 3.13. The number of nitrogens with zero attached hydrogens (tertiary/aromatic N) is 1. The molecule has 0 unspecified atom stereocenters. The van der Waals surface area contributed by atoms with Crippen LogP contribution in [0.3, 0.4) is 0 Å². The van der Waals surface area contributed by atoms with Gasteiger partial charge in [-0.1, -0.05) is 17.7 Å². The largest absolute Gasteiger partial charge is 0.338 e. The van der Waals surface area contributed by atoms with Gasteiger partial charge < -0.3 is 4.90 Å². The number of carbonyl (C=O) groups excluding carboxylic acids is 1. The Balaban J connectivity index is 2.07. The molecule has 0 radical (unpaired) electrons. The van der Waals surface area contributed by atoms with E-state index in [9.17, 15) is 13.6 Å². The Bertz CT molecular complexity index is 421. The summed E-state index contributed by atoms with van der Waals surface area (Å²) >= 11 is 0. The number of likely N-dealkylation sites (tertiary alicyclic amines) is 1. The summed E-state index contributed by atoms with van der Waals surface area (Å²) in [5.74, 6) is -2.76. The van der Waals surface area contributed by atoms with Gasteiger partial charge in [0.05, 0.1) is 0 Å². The highest BCUT2D eigenvalue weighted by molar-refractivity contribution is 5.94. The summed E-state index contributed by atoms with van der Waals surface area (Å²) in [5.41, 5.74) is 1.58. The molecule has 1 aromatic carbocycles. The molecule has 0 aliphatic carbocycles. The smallest absolute Gasteiger partial charge is 0.253 e. The Hall–Kier alpha value is -1.45. The normalized spacial score (nSPS) is 19.1. The van der Waals surface area contributed by atoms with E-state index in [2.05, 4.69) is 0 Å². The average molecular weight is 239 g/mol. The molecule has 1 aliphatic heterocycles. The fourth-order valence-electron chi connectivity index (χ4n) is 2.00. The van der Waals surface area contributed by atoms with Gasteiger partial charge in [-0.25, -0.2) is 8.78 Å². The first-order valence-corrected chi connectivity index (χ1v) is 5.72. The van der Waals surface area contributed by atoms with Crippen molar-refractivity contribution >= 4 is 5.91 Å². The van der Waals surface area contributed by atoms with Crippen molar-refractivity contribution in [2.45, 2.75) is 25.7 Å². The lowest BCUT2D eigenvalue weighted by atomic mass is 10.0. The van der Waals surface area contributed by atoms with Crippen LogP contribution in [0.4, 0.5) is 8.78 Å². The zero-order valence-corrected chi connectivity index (χ0v) is 9.75. The zero-order chi connectivity index (χ0) is 12.5. The maximum atomic E-state index is 13.0. The molecule has 1 aromatic rings. The van der Waals surface area contributed by atoms with E-state index in [-0.39, 0.29) is 31.8 Å². The first-order chi connectivity index (χ1) is 7.98. The third kappa shape index (κ3) is 2.81. The Labute approximate surface area is 99.2 Å². The SMILES string of the molecule is Cc1cccc(C(=O)N2CCC(F)(F)CC2)c1. The van der Waals surface area contributed by atoms with Crippen LogP contribution >= 0.6 is 0 Å². The van der Waals surface area contributed by atoms with Crippen molar-refractivity contribution in [3.05, 3.63) is 35.4 Å². The number of aryl methyl sites for hydroxylation is 1. The van der Waals surface area contributed by atoms with E-state index < -0.39 is 5.92 Å². The first-order valence-electron chi connectivity index (χ1n) is 5.72. The lowest BCUT2D eigenvalue weighted by Crippen LogP contribution is -2.42.